The van der Waals surface area contributed by atoms with E-state index in [-0.39, 0.29) is 5.48 Å². The van der Waals surface area contributed by atoms with Gasteiger partial charge < -0.3 is 65.9 Å². The number of carboxylic acid groups (broad SMARTS) is 4. The number of piperazine rings is 2. The van der Waals surface area contributed by atoms with Crippen molar-refractivity contribution in [3.05, 3.63) is 47.4 Å². The molecule has 2 fully saturated rings. The topological polar surface area (TPSA) is 387 Å². The summed E-state index contributed by atoms with van der Waals surface area (Å²) in [4.78, 5) is 59.7. The zero-order valence-corrected chi connectivity index (χ0v) is 35.0. The summed E-state index contributed by atoms with van der Waals surface area (Å²) in [6.45, 7) is 7.91. The van der Waals surface area contributed by atoms with Crippen molar-refractivity contribution in [3.63, 3.8) is 0 Å². The van der Waals surface area contributed by atoms with Crippen molar-refractivity contribution in [1.82, 2.24) is 59.8 Å². The first kappa shape index (κ1) is 49.2. The van der Waals surface area contributed by atoms with Gasteiger partial charge in [-0.25, -0.2) is 29.1 Å². The van der Waals surface area contributed by atoms with Crippen molar-refractivity contribution < 1.29 is 65.5 Å². The Morgan fingerprint density at radius 1 is 0.556 bits per heavy atom. The van der Waals surface area contributed by atoms with Crippen molar-refractivity contribution in [2.75, 3.05) is 76.3 Å². The smallest absolute Gasteiger partial charge is 0.335 e. The lowest BCUT2D eigenvalue weighted by Gasteiger charge is -2.33. The molecule has 0 spiro atoms. The van der Waals surface area contributed by atoms with Crippen molar-refractivity contribution in [2.24, 2.45) is 0 Å². The van der Waals surface area contributed by atoms with Crippen LogP contribution in [-0.2, 0) is 19.2 Å². The third kappa shape index (κ3) is 12.4. The fourth-order valence-electron chi connectivity index (χ4n) is 5.65. The van der Waals surface area contributed by atoms with Crippen LogP contribution in [0.2, 0.25) is 0 Å². The van der Waals surface area contributed by atoms with Gasteiger partial charge in [-0.15, -0.1) is 32.9 Å². The van der Waals surface area contributed by atoms with Crippen LogP contribution in [0.4, 0.5) is 11.6 Å². The van der Waals surface area contributed by atoms with Crippen molar-refractivity contribution >= 4 is 69.5 Å². The standard InChI is InChI=1S/2C13H15N7S.2C4H6O6.H2O/c2*1-18-4-6-19(7-5-18)12-13-15-16-17-20(13)10(9-14-12)11-3-2-8-21-11;2*5-1(3(7)8)2(6)4(9)10;/h2*2-3,8-9H,4-7H2,1H3;2*1-2,5-6H,(H,7,8)(H,9,10);1H2. The molecule has 8 heterocycles. The highest BCUT2D eigenvalue weighted by atomic mass is 32.1. The van der Waals surface area contributed by atoms with Crippen LogP contribution in [0.25, 0.3) is 32.4 Å². The van der Waals surface area contributed by atoms with Gasteiger partial charge in [-0.2, -0.15) is 9.03 Å². The minimum atomic E-state index is -2.27. The molecule has 0 aliphatic carbocycles. The molecule has 2 saturated heterocycles. The molecule has 0 aromatic carbocycles. The molecule has 2 aliphatic heterocycles. The van der Waals surface area contributed by atoms with Crippen LogP contribution >= 0.6 is 22.7 Å². The van der Waals surface area contributed by atoms with Gasteiger partial charge in [0.05, 0.1) is 22.1 Å². The van der Waals surface area contributed by atoms with Crippen LogP contribution in [0.1, 0.15) is 0 Å². The minimum absolute atomic E-state index is 0. The van der Waals surface area contributed by atoms with E-state index >= 15 is 0 Å². The molecular formula is C34H44N14O13S2. The van der Waals surface area contributed by atoms with Gasteiger partial charge in [0.25, 0.3) is 0 Å². The molecule has 8 rings (SSSR count). The van der Waals surface area contributed by atoms with Gasteiger partial charge in [-0.05, 0) is 57.8 Å². The van der Waals surface area contributed by atoms with Gasteiger partial charge in [0, 0.05) is 52.4 Å². The summed E-state index contributed by atoms with van der Waals surface area (Å²) in [5, 5.41) is 93.4. The third-order valence-corrected chi connectivity index (χ3v) is 11.0. The Kier molecular flexibility index (Phi) is 17.7. The van der Waals surface area contributed by atoms with E-state index in [1.165, 1.54) is 0 Å². The van der Waals surface area contributed by atoms with E-state index in [0.717, 1.165) is 96.4 Å². The predicted octanol–water partition coefficient (Wildman–Crippen LogP) is -3.07. The number of carboxylic acids is 4. The molecule has 0 amide bonds. The molecule has 2 aliphatic rings. The predicted molar refractivity (Wildman–Crippen MR) is 221 cm³/mol. The second-order valence-electron chi connectivity index (χ2n) is 13.4. The second kappa shape index (κ2) is 22.6. The molecule has 4 unspecified atom stereocenters. The number of anilines is 2. The second-order valence-corrected chi connectivity index (χ2v) is 15.3. The van der Waals surface area contributed by atoms with Gasteiger partial charge >= 0.3 is 23.9 Å². The Bertz CT molecular complexity index is 2200. The van der Waals surface area contributed by atoms with Gasteiger partial charge in [0.1, 0.15) is 11.4 Å². The number of thiophene rings is 2. The maximum absolute atomic E-state index is 9.77. The molecule has 4 atom stereocenters. The molecule has 63 heavy (non-hydrogen) atoms. The number of aliphatic carboxylic acids is 4. The van der Waals surface area contributed by atoms with Crippen LogP contribution in [-0.4, -0.2) is 221 Å². The fourth-order valence-corrected chi connectivity index (χ4v) is 7.10. The van der Waals surface area contributed by atoms with Gasteiger partial charge in [-0.1, -0.05) is 12.1 Å². The first-order chi connectivity index (χ1) is 29.6. The number of aliphatic hydroxyl groups excluding tert-OH is 4. The maximum atomic E-state index is 9.77. The summed E-state index contributed by atoms with van der Waals surface area (Å²) in [6, 6.07) is 8.14. The molecule has 10 N–H and O–H groups in total. The lowest BCUT2D eigenvalue weighted by molar-refractivity contribution is -0.165. The van der Waals surface area contributed by atoms with Gasteiger partial charge in [-0.3, -0.25) is 0 Å². The normalized spacial score (nSPS) is 16.2. The molecule has 6 aromatic heterocycles. The van der Waals surface area contributed by atoms with Gasteiger partial charge in [0.15, 0.2) is 36.1 Å². The SMILES string of the molecule is CN1CCN(c2ncc(-c3cccs3)n3nnnc23)CC1.CN1CCN(c2ncc(-c3cccs3)n3nnnc23)CC1.O.O=C(O)C(O)C(O)C(=O)O.O=C(O)C(O)C(O)C(=O)O. The first-order valence-corrected chi connectivity index (χ1v) is 20.1. The fraction of sp³-hybridized carbons (Fsp3) is 0.412. The van der Waals surface area contributed by atoms with E-state index in [4.69, 9.17) is 40.9 Å². The van der Waals surface area contributed by atoms with E-state index in [9.17, 15) is 19.2 Å². The number of hydrogen-bond acceptors (Lipinski definition) is 22. The van der Waals surface area contributed by atoms with Crippen molar-refractivity contribution in [1.29, 1.82) is 0 Å². The molecule has 340 valence electrons. The zero-order valence-electron chi connectivity index (χ0n) is 33.4. The van der Waals surface area contributed by atoms with Crippen molar-refractivity contribution in [3.8, 4) is 21.1 Å². The van der Waals surface area contributed by atoms with E-state index in [0.29, 0.717) is 0 Å². The number of tetrazole rings is 2. The summed E-state index contributed by atoms with van der Waals surface area (Å²) in [7, 11) is 4.28. The summed E-state index contributed by atoms with van der Waals surface area (Å²) < 4.78 is 3.57. The van der Waals surface area contributed by atoms with E-state index < -0.39 is 48.3 Å². The summed E-state index contributed by atoms with van der Waals surface area (Å²) >= 11 is 3.32. The Hall–Kier alpha value is -6.44. The lowest BCUT2D eigenvalue weighted by Crippen LogP contribution is -2.45. The van der Waals surface area contributed by atoms with Crippen LogP contribution in [0.15, 0.2) is 47.4 Å². The highest BCUT2D eigenvalue weighted by Gasteiger charge is 2.30. The third-order valence-electron chi connectivity index (χ3n) is 9.18. The zero-order chi connectivity index (χ0) is 45.1. The average molecular weight is 921 g/mol. The number of aliphatic hydroxyl groups is 4. The largest absolute Gasteiger partial charge is 0.479 e. The van der Waals surface area contributed by atoms with Crippen LogP contribution in [0.3, 0.4) is 0 Å². The molecule has 29 heteroatoms. The molecule has 0 radical (unpaired) electrons. The number of likely N-dealkylation sites (N-methyl/N-ethyl adjacent to an activating group) is 2. The monoisotopic (exact) mass is 920 g/mol. The Morgan fingerprint density at radius 3 is 1.14 bits per heavy atom. The van der Waals surface area contributed by atoms with Crippen LogP contribution in [0.5, 0.6) is 0 Å². The number of carbonyl (C=O) groups is 4. The Morgan fingerprint density at radius 2 is 0.873 bits per heavy atom. The highest BCUT2D eigenvalue weighted by molar-refractivity contribution is 7.13. The quantitative estimate of drug-likeness (QED) is 0.0676. The minimum Gasteiger partial charge on any atom is -0.479 e. The first-order valence-electron chi connectivity index (χ1n) is 18.3. The number of rotatable bonds is 10. The number of hydrogen-bond donors (Lipinski definition) is 8. The molecule has 0 saturated carbocycles. The van der Waals surface area contributed by atoms with E-state index in [1.807, 2.05) is 35.3 Å². The van der Waals surface area contributed by atoms with Gasteiger partial charge in [0.2, 0.25) is 11.3 Å². The maximum Gasteiger partial charge on any atom is 0.335 e. The van der Waals surface area contributed by atoms with Crippen molar-refractivity contribution in [2.45, 2.75) is 24.4 Å². The van der Waals surface area contributed by atoms with E-state index in [2.05, 4.69) is 86.8 Å². The lowest BCUT2D eigenvalue weighted by atomic mass is 10.2. The molecule has 6 aromatic rings. The summed E-state index contributed by atoms with van der Waals surface area (Å²) in [5.74, 6) is -5.34. The summed E-state index contributed by atoms with van der Waals surface area (Å²) in [6.07, 6.45) is -5.34. The highest BCUT2D eigenvalue weighted by Crippen LogP contribution is 2.29. The Balaban J connectivity index is 0.000000196. The number of nitrogens with zero attached hydrogens (tertiary/aromatic N) is 14. The Labute approximate surface area is 363 Å². The van der Waals surface area contributed by atoms with Crippen LogP contribution < -0.4 is 9.80 Å². The summed E-state index contributed by atoms with van der Waals surface area (Å²) in [5.41, 5.74) is 3.32. The average Bonchev–Trinajstić information content (AvgIpc) is 4.12. The number of aromatic nitrogens is 10. The van der Waals surface area contributed by atoms with E-state index in [1.54, 1.807) is 31.7 Å². The molecule has 0 bridgehead atoms. The number of fused-ring (bicyclic) bond motifs is 2. The molecular weight excluding hydrogens is 877 g/mol. The van der Waals surface area contributed by atoms with Crippen LogP contribution in [0, 0.1) is 0 Å². The molecule has 27 nitrogen and oxygen atoms in total.